The lowest BCUT2D eigenvalue weighted by Gasteiger charge is -2.17. The number of hydrogen-bond acceptors (Lipinski definition) is 5. The SMILES string of the molecule is C=CCN(CC(=O)O)C(=O)c1csc(-c2ccsc2)n1. The molecule has 5 nitrogen and oxygen atoms in total. The number of thiazole rings is 1. The first-order chi connectivity index (χ1) is 9.61. The van der Waals surface area contributed by atoms with Crippen molar-refractivity contribution in [3.8, 4) is 10.6 Å². The molecule has 0 saturated heterocycles. The number of rotatable bonds is 6. The summed E-state index contributed by atoms with van der Waals surface area (Å²) in [5.41, 5.74) is 1.23. The predicted octanol–water partition coefficient (Wildman–Crippen LogP) is 2.58. The fourth-order valence-electron chi connectivity index (χ4n) is 1.59. The Labute approximate surface area is 123 Å². The van der Waals surface area contributed by atoms with Crippen molar-refractivity contribution in [3.63, 3.8) is 0 Å². The number of carbonyl (C=O) groups is 2. The van der Waals surface area contributed by atoms with Crippen LogP contribution in [-0.2, 0) is 4.79 Å². The summed E-state index contributed by atoms with van der Waals surface area (Å²) in [6.45, 7) is 3.34. The maximum atomic E-state index is 12.2. The molecule has 0 aliphatic heterocycles. The first kappa shape index (κ1) is 14.4. The van der Waals surface area contributed by atoms with Crippen LogP contribution in [0.15, 0.2) is 34.9 Å². The highest BCUT2D eigenvalue weighted by molar-refractivity contribution is 7.14. The molecule has 0 aliphatic carbocycles. The van der Waals surface area contributed by atoms with Gasteiger partial charge in [0, 0.05) is 22.9 Å². The van der Waals surface area contributed by atoms with Crippen LogP contribution in [0.4, 0.5) is 0 Å². The molecular formula is C13H12N2O3S2. The van der Waals surface area contributed by atoms with Crippen molar-refractivity contribution in [2.24, 2.45) is 0 Å². The molecule has 0 unspecified atom stereocenters. The molecule has 0 aliphatic rings. The second kappa shape index (κ2) is 6.44. The minimum absolute atomic E-state index is 0.177. The average molecular weight is 308 g/mol. The Bertz CT molecular complexity index is 619. The van der Waals surface area contributed by atoms with Gasteiger partial charge in [-0.25, -0.2) is 4.98 Å². The Morgan fingerprint density at radius 2 is 2.25 bits per heavy atom. The number of aromatic nitrogens is 1. The van der Waals surface area contributed by atoms with E-state index in [4.69, 9.17) is 5.11 Å². The van der Waals surface area contributed by atoms with Crippen molar-refractivity contribution >= 4 is 34.6 Å². The van der Waals surface area contributed by atoms with E-state index in [9.17, 15) is 9.59 Å². The summed E-state index contributed by atoms with van der Waals surface area (Å²) in [7, 11) is 0. The molecule has 2 heterocycles. The van der Waals surface area contributed by atoms with Crippen LogP contribution in [0, 0.1) is 0 Å². The standard InChI is InChI=1S/C13H12N2O3S2/c1-2-4-15(6-11(16)17)13(18)10-8-20-12(14-10)9-3-5-19-7-9/h2-3,5,7-8H,1,4,6H2,(H,16,17). The van der Waals surface area contributed by atoms with Crippen LogP contribution in [0.5, 0.6) is 0 Å². The molecule has 0 bridgehead atoms. The van der Waals surface area contributed by atoms with E-state index in [0.29, 0.717) is 0 Å². The summed E-state index contributed by atoms with van der Waals surface area (Å²) in [5.74, 6) is -1.46. The summed E-state index contributed by atoms with van der Waals surface area (Å²) in [6.07, 6.45) is 1.49. The Hall–Kier alpha value is -1.99. The number of carboxylic acid groups (broad SMARTS) is 1. The van der Waals surface area contributed by atoms with E-state index < -0.39 is 11.9 Å². The second-order valence-corrected chi connectivity index (χ2v) is 5.56. The number of amides is 1. The molecule has 1 amide bonds. The molecule has 7 heteroatoms. The lowest BCUT2D eigenvalue weighted by atomic mass is 10.3. The van der Waals surface area contributed by atoms with Crippen molar-refractivity contribution < 1.29 is 14.7 Å². The lowest BCUT2D eigenvalue weighted by molar-refractivity contribution is -0.137. The van der Waals surface area contributed by atoms with E-state index in [0.717, 1.165) is 10.6 Å². The van der Waals surface area contributed by atoms with Gasteiger partial charge in [-0.3, -0.25) is 9.59 Å². The van der Waals surface area contributed by atoms with E-state index in [1.807, 2.05) is 16.8 Å². The van der Waals surface area contributed by atoms with Gasteiger partial charge in [-0.15, -0.1) is 17.9 Å². The minimum Gasteiger partial charge on any atom is -0.480 e. The van der Waals surface area contributed by atoms with Gasteiger partial charge in [-0.05, 0) is 11.4 Å². The van der Waals surface area contributed by atoms with Crippen LogP contribution in [0.3, 0.4) is 0 Å². The van der Waals surface area contributed by atoms with Crippen LogP contribution in [0.1, 0.15) is 10.5 Å². The van der Waals surface area contributed by atoms with Crippen molar-refractivity contribution in [2.75, 3.05) is 13.1 Å². The average Bonchev–Trinajstić information content (AvgIpc) is 3.07. The number of aliphatic carboxylic acids is 1. The van der Waals surface area contributed by atoms with Gasteiger partial charge in [0.25, 0.3) is 5.91 Å². The summed E-state index contributed by atoms with van der Waals surface area (Å²) in [4.78, 5) is 28.4. The van der Waals surface area contributed by atoms with Gasteiger partial charge in [0.1, 0.15) is 17.2 Å². The molecule has 0 fully saturated rings. The van der Waals surface area contributed by atoms with Gasteiger partial charge in [0.05, 0.1) is 0 Å². The van der Waals surface area contributed by atoms with Gasteiger partial charge >= 0.3 is 5.97 Å². The maximum Gasteiger partial charge on any atom is 0.323 e. The van der Waals surface area contributed by atoms with Gasteiger partial charge in [-0.1, -0.05) is 6.08 Å². The smallest absolute Gasteiger partial charge is 0.323 e. The zero-order valence-corrected chi connectivity index (χ0v) is 12.1. The first-order valence-electron chi connectivity index (χ1n) is 5.72. The molecule has 0 aromatic carbocycles. The molecule has 20 heavy (non-hydrogen) atoms. The highest BCUT2D eigenvalue weighted by Gasteiger charge is 2.20. The topological polar surface area (TPSA) is 70.5 Å². The Kier molecular flexibility index (Phi) is 4.65. The first-order valence-corrected chi connectivity index (χ1v) is 7.54. The number of hydrogen-bond donors (Lipinski definition) is 1. The molecule has 0 saturated carbocycles. The fourth-order valence-corrected chi connectivity index (χ4v) is 3.10. The zero-order valence-electron chi connectivity index (χ0n) is 10.5. The van der Waals surface area contributed by atoms with Gasteiger partial charge < -0.3 is 10.0 Å². The third-order valence-corrected chi connectivity index (χ3v) is 4.03. The van der Waals surface area contributed by atoms with Crippen LogP contribution in [0.25, 0.3) is 10.6 Å². The van der Waals surface area contributed by atoms with E-state index in [1.165, 1.54) is 22.3 Å². The van der Waals surface area contributed by atoms with Crippen LogP contribution < -0.4 is 0 Å². The van der Waals surface area contributed by atoms with Crippen LogP contribution >= 0.6 is 22.7 Å². The summed E-state index contributed by atoms with van der Waals surface area (Å²) >= 11 is 2.92. The lowest BCUT2D eigenvalue weighted by Crippen LogP contribution is -2.35. The van der Waals surface area contributed by atoms with Crippen LogP contribution in [0.2, 0.25) is 0 Å². The summed E-state index contributed by atoms with van der Waals surface area (Å²) < 4.78 is 0. The van der Waals surface area contributed by atoms with E-state index >= 15 is 0 Å². The van der Waals surface area contributed by atoms with Crippen molar-refractivity contribution in [2.45, 2.75) is 0 Å². The maximum absolute atomic E-state index is 12.2. The number of carbonyl (C=O) groups excluding carboxylic acids is 1. The van der Waals surface area contributed by atoms with Gasteiger partial charge in [0.2, 0.25) is 0 Å². The number of nitrogens with zero attached hydrogens (tertiary/aromatic N) is 2. The summed E-state index contributed by atoms with van der Waals surface area (Å²) in [6, 6.07) is 1.93. The fraction of sp³-hybridized carbons (Fsp3) is 0.154. The quantitative estimate of drug-likeness (QED) is 0.833. The van der Waals surface area contributed by atoms with Gasteiger partial charge in [-0.2, -0.15) is 11.3 Å². The largest absolute Gasteiger partial charge is 0.480 e. The Balaban J connectivity index is 2.19. The van der Waals surface area contributed by atoms with E-state index in [2.05, 4.69) is 11.6 Å². The number of thiophene rings is 1. The third-order valence-electron chi connectivity index (χ3n) is 2.45. The molecular weight excluding hydrogens is 296 g/mol. The van der Waals surface area contributed by atoms with E-state index in [-0.39, 0.29) is 18.8 Å². The molecule has 0 radical (unpaired) electrons. The molecule has 0 atom stereocenters. The van der Waals surface area contributed by atoms with Crippen molar-refractivity contribution in [1.82, 2.24) is 9.88 Å². The molecule has 0 spiro atoms. The third kappa shape index (κ3) is 3.31. The van der Waals surface area contributed by atoms with Crippen molar-refractivity contribution in [3.05, 3.63) is 40.6 Å². The molecule has 104 valence electrons. The Morgan fingerprint density at radius 1 is 1.45 bits per heavy atom. The second-order valence-electron chi connectivity index (χ2n) is 3.92. The normalized spacial score (nSPS) is 10.2. The van der Waals surface area contributed by atoms with E-state index in [1.54, 1.807) is 16.7 Å². The summed E-state index contributed by atoms with van der Waals surface area (Å²) in [5, 5.41) is 15.1. The molecule has 1 N–H and O–H groups in total. The monoisotopic (exact) mass is 308 g/mol. The zero-order chi connectivity index (χ0) is 14.5. The molecule has 2 aromatic heterocycles. The molecule has 2 rings (SSSR count). The van der Waals surface area contributed by atoms with Crippen molar-refractivity contribution in [1.29, 1.82) is 0 Å². The number of carboxylic acids is 1. The van der Waals surface area contributed by atoms with Gasteiger partial charge in [0.15, 0.2) is 0 Å². The highest BCUT2D eigenvalue weighted by Crippen LogP contribution is 2.26. The molecule has 2 aromatic rings. The van der Waals surface area contributed by atoms with Crippen LogP contribution in [-0.4, -0.2) is 40.0 Å². The highest BCUT2D eigenvalue weighted by atomic mass is 32.1. The predicted molar refractivity (Wildman–Crippen MR) is 79.2 cm³/mol. The minimum atomic E-state index is -1.06. The Morgan fingerprint density at radius 3 is 2.85 bits per heavy atom.